The second-order valence-corrected chi connectivity index (χ2v) is 7.32. The zero-order valence-electron chi connectivity index (χ0n) is 15.1. The molecule has 0 bridgehead atoms. The molecular weight excluding hydrogens is 381 g/mol. The highest BCUT2D eigenvalue weighted by atomic mass is 35.5. The largest absolute Gasteiger partial charge is 0.352 e. The first kappa shape index (κ1) is 18.6. The Morgan fingerprint density at radius 2 is 1.68 bits per heavy atom. The second kappa shape index (κ2) is 8.08. The first-order valence-electron chi connectivity index (χ1n) is 8.96. The van der Waals surface area contributed by atoms with E-state index in [0.29, 0.717) is 17.5 Å². The van der Waals surface area contributed by atoms with Crippen LogP contribution < -0.4 is 11.0 Å². The molecule has 28 heavy (non-hydrogen) atoms. The van der Waals surface area contributed by atoms with Crippen LogP contribution in [0.25, 0.3) is 0 Å². The number of nitrogens with one attached hydrogen (secondary N) is 1. The van der Waals surface area contributed by atoms with Crippen LogP contribution in [0.2, 0.25) is 5.02 Å². The van der Waals surface area contributed by atoms with Gasteiger partial charge in [0.1, 0.15) is 12.1 Å². The maximum absolute atomic E-state index is 13.0. The second-order valence-electron chi connectivity index (χ2n) is 6.88. The quantitative estimate of drug-likeness (QED) is 0.690. The molecule has 1 fully saturated rings. The monoisotopic (exact) mass is 399 g/mol. The van der Waals surface area contributed by atoms with Crippen molar-refractivity contribution in [2.24, 2.45) is 0 Å². The van der Waals surface area contributed by atoms with E-state index >= 15 is 0 Å². The van der Waals surface area contributed by atoms with Crippen LogP contribution in [0.4, 0.5) is 10.3 Å². The van der Waals surface area contributed by atoms with E-state index in [1.807, 2.05) is 12.1 Å². The molecule has 1 aromatic heterocycles. The van der Waals surface area contributed by atoms with Gasteiger partial charge in [0.05, 0.1) is 12.6 Å². The molecule has 0 spiro atoms. The molecule has 8 heteroatoms. The lowest BCUT2D eigenvalue weighted by atomic mass is 10.1. The van der Waals surface area contributed by atoms with Crippen LogP contribution in [-0.2, 0) is 13.1 Å². The smallest absolute Gasteiger partial charge is 0.349 e. The molecule has 144 valence electrons. The van der Waals surface area contributed by atoms with E-state index in [4.69, 9.17) is 11.6 Å². The Hall–Kier alpha value is -2.77. The third-order valence-electron chi connectivity index (χ3n) is 4.64. The number of hydrogen-bond acceptors (Lipinski definition) is 5. The maximum atomic E-state index is 13.0. The van der Waals surface area contributed by atoms with Crippen LogP contribution >= 0.6 is 11.6 Å². The van der Waals surface area contributed by atoms with Gasteiger partial charge in [0.25, 0.3) is 0 Å². The van der Waals surface area contributed by atoms with Gasteiger partial charge in [-0.2, -0.15) is 4.98 Å². The summed E-state index contributed by atoms with van der Waals surface area (Å²) < 4.78 is 14.4. The van der Waals surface area contributed by atoms with Gasteiger partial charge in [0.15, 0.2) is 0 Å². The Morgan fingerprint density at radius 3 is 2.36 bits per heavy atom. The molecular formula is C20H19ClFN5O. The van der Waals surface area contributed by atoms with Crippen molar-refractivity contribution in [3.63, 3.8) is 0 Å². The normalized spacial score (nSPS) is 14.6. The van der Waals surface area contributed by atoms with Gasteiger partial charge in [-0.3, -0.25) is 9.47 Å². The van der Waals surface area contributed by atoms with Crippen molar-refractivity contribution in [2.45, 2.75) is 19.1 Å². The number of aromatic nitrogens is 3. The fourth-order valence-electron chi connectivity index (χ4n) is 3.14. The fourth-order valence-corrected chi connectivity index (χ4v) is 3.27. The summed E-state index contributed by atoms with van der Waals surface area (Å²) in [5, 5.41) is 3.84. The molecule has 2 heterocycles. The zero-order valence-corrected chi connectivity index (χ0v) is 15.8. The van der Waals surface area contributed by atoms with Crippen molar-refractivity contribution in [3.8, 4) is 0 Å². The first-order valence-corrected chi connectivity index (χ1v) is 9.34. The molecule has 0 saturated carbocycles. The number of likely N-dealkylation sites (tertiary alicyclic amines) is 1. The molecule has 0 atom stereocenters. The molecule has 1 aliphatic heterocycles. The van der Waals surface area contributed by atoms with Crippen LogP contribution in [-0.4, -0.2) is 38.6 Å². The van der Waals surface area contributed by atoms with E-state index in [-0.39, 0.29) is 17.5 Å². The standard InChI is InChI=1S/C20H19ClFN5O/c21-16-5-1-15(2-6-16)10-27-13-23-19(25-20(27)28)24-18-11-26(12-18)9-14-3-7-17(22)8-4-14/h1-8,13,18H,9-12H2,(H,24,25,28). The van der Waals surface area contributed by atoms with Crippen LogP contribution in [0.15, 0.2) is 59.7 Å². The van der Waals surface area contributed by atoms with Crippen LogP contribution in [0.1, 0.15) is 11.1 Å². The average molecular weight is 400 g/mol. The Bertz CT molecular complexity index is 1000. The number of anilines is 1. The van der Waals surface area contributed by atoms with E-state index in [0.717, 1.165) is 30.8 Å². The molecule has 4 rings (SSSR count). The van der Waals surface area contributed by atoms with Gasteiger partial charge in [-0.1, -0.05) is 35.9 Å². The summed E-state index contributed by atoms with van der Waals surface area (Å²) in [5.41, 5.74) is 1.67. The SMILES string of the molecule is O=c1nc(NC2CN(Cc3ccc(F)cc3)C2)ncn1Cc1ccc(Cl)cc1. The minimum Gasteiger partial charge on any atom is -0.349 e. The number of halogens is 2. The molecule has 0 radical (unpaired) electrons. The van der Waals surface area contributed by atoms with Crippen molar-refractivity contribution in [1.29, 1.82) is 0 Å². The average Bonchev–Trinajstić information content (AvgIpc) is 2.65. The first-order chi connectivity index (χ1) is 13.5. The lowest BCUT2D eigenvalue weighted by Gasteiger charge is -2.39. The molecule has 6 nitrogen and oxygen atoms in total. The highest BCUT2D eigenvalue weighted by molar-refractivity contribution is 6.30. The van der Waals surface area contributed by atoms with Crippen molar-refractivity contribution in [1.82, 2.24) is 19.4 Å². The Kier molecular flexibility index (Phi) is 5.36. The van der Waals surface area contributed by atoms with E-state index in [1.54, 1.807) is 24.3 Å². The lowest BCUT2D eigenvalue weighted by Crippen LogP contribution is -2.54. The Balaban J connectivity index is 1.30. The number of hydrogen-bond donors (Lipinski definition) is 1. The number of nitrogens with zero attached hydrogens (tertiary/aromatic N) is 4. The topological polar surface area (TPSA) is 63.1 Å². The predicted molar refractivity (Wildman–Crippen MR) is 106 cm³/mol. The zero-order chi connectivity index (χ0) is 19.5. The maximum Gasteiger partial charge on any atom is 0.352 e. The molecule has 1 saturated heterocycles. The third-order valence-corrected chi connectivity index (χ3v) is 4.89. The molecule has 3 aromatic rings. The highest BCUT2D eigenvalue weighted by Gasteiger charge is 2.27. The molecule has 2 aromatic carbocycles. The third kappa shape index (κ3) is 4.55. The molecule has 1 aliphatic rings. The van der Waals surface area contributed by atoms with E-state index in [9.17, 15) is 9.18 Å². The van der Waals surface area contributed by atoms with Gasteiger partial charge >= 0.3 is 5.69 Å². The summed E-state index contributed by atoms with van der Waals surface area (Å²) in [7, 11) is 0. The van der Waals surface area contributed by atoms with E-state index in [2.05, 4.69) is 20.2 Å². The van der Waals surface area contributed by atoms with Gasteiger partial charge in [0.2, 0.25) is 5.95 Å². The van der Waals surface area contributed by atoms with Gasteiger partial charge in [-0.05, 0) is 35.4 Å². The van der Waals surface area contributed by atoms with E-state index in [1.165, 1.54) is 23.0 Å². The predicted octanol–water partition coefficient (Wildman–Crippen LogP) is 2.78. The summed E-state index contributed by atoms with van der Waals surface area (Å²) in [6, 6.07) is 14.0. The summed E-state index contributed by atoms with van der Waals surface area (Å²) in [4.78, 5) is 22.7. The minimum atomic E-state index is -0.352. The lowest BCUT2D eigenvalue weighted by molar-refractivity contribution is 0.152. The number of rotatable bonds is 6. The van der Waals surface area contributed by atoms with E-state index < -0.39 is 0 Å². The van der Waals surface area contributed by atoms with Crippen molar-refractivity contribution < 1.29 is 4.39 Å². The van der Waals surface area contributed by atoms with Crippen LogP contribution in [0, 0.1) is 5.82 Å². The van der Waals surface area contributed by atoms with Gasteiger partial charge < -0.3 is 5.32 Å². The van der Waals surface area contributed by atoms with Crippen molar-refractivity contribution in [2.75, 3.05) is 18.4 Å². The van der Waals surface area contributed by atoms with Crippen LogP contribution in [0.3, 0.4) is 0 Å². The fraction of sp³-hybridized carbons (Fsp3) is 0.250. The molecule has 0 unspecified atom stereocenters. The summed E-state index contributed by atoms with van der Waals surface area (Å²) in [6.45, 7) is 2.79. The van der Waals surface area contributed by atoms with Crippen molar-refractivity contribution in [3.05, 3.63) is 87.3 Å². The minimum absolute atomic E-state index is 0.187. The summed E-state index contributed by atoms with van der Waals surface area (Å²) in [5.74, 6) is 0.110. The summed E-state index contributed by atoms with van der Waals surface area (Å²) >= 11 is 5.88. The van der Waals surface area contributed by atoms with Crippen molar-refractivity contribution >= 4 is 17.5 Å². The van der Waals surface area contributed by atoms with Crippen LogP contribution in [0.5, 0.6) is 0 Å². The molecule has 0 amide bonds. The van der Waals surface area contributed by atoms with Gasteiger partial charge in [-0.15, -0.1) is 0 Å². The highest BCUT2D eigenvalue weighted by Crippen LogP contribution is 2.16. The van der Waals surface area contributed by atoms with Gasteiger partial charge in [0, 0.05) is 24.7 Å². The van der Waals surface area contributed by atoms with Gasteiger partial charge in [-0.25, -0.2) is 14.2 Å². The Morgan fingerprint density at radius 1 is 1.04 bits per heavy atom. The molecule has 0 aliphatic carbocycles. The summed E-state index contributed by atoms with van der Waals surface area (Å²) in [6.07, 6.45) is 1.50. The Labute approximate surface area is 166 Å². The molecule has 1 N–H and O–H groups in total. The number of benzene rings is 2.